The molecule has 80 valence electrons. The summed E-state index contributed by atoms with van der Waals surface area (Å²) in [6, 6.07) is 10.6. The fraction of sp³-hybridized carbons (Fsp3) is 0.357. The molecule has 0 N–H and O–H groups in total. The van der Waals surface area contributed by atoms with E-state index in [0.717, 1.165) is 5.71 Å². The molecule has 1 rings (SSSR count). The Kier molecular flexibility index (Phi) is 4.29. The highest BCUT2D eigenvalue weighted by Crippen LogP contribution is 2.08. The van der Waals surface area contributed by atoms with Crippen molar-refractivity contribution < 1.29 is 0 Å². The maximum absolute atomic E-state index is 4.67. The average molecular weight is 201 g/mol. The molecule has 1 atom stereocenters. The number of allylic oxidation sites excluding steroid dienone is 1. The zero-order valence-corrected chi connectivity index (χ0v) is 9.99. The van der Waals surface area contributed by atoms with Crippen LogP contribution in [0.15, 0.2) is 47.0 Å². The average Bonchev–Trinajstić information content (AvgIpc) is 2.29. The Labute approximate surface area is 92.6 Å². The van der Waals surface area contributed by atoms with E-state index in [4.69, 9.17) is 0 Å². The van der Waals surface area contributed by atoms with Gasteiger partial charge in [0.2, 0.25) is 0 Å². The van der Waals surface area contributed by atoms with E-state index in [-0.39, 0.29) is 6.04 Å². The van der Waals surface area contributed by atoms with Crippen molar-refractivity contribution in [1.29, 1.82) is 0 Å². The number of rotatable bonds is 3. The maximum Gasteiger partial charge on any atom is 0.0681 e. The van der Waals surface area contributed by atoms with Gasteiger partial charge in [0, 0.05) is 5.71 Å². The standard InChI is InChI=1S/C14H19N/c1-5-11(2)12(3)15-13(4)14-9-7-6-8-10-14/h5-10,12H,1-4H3/b11-5+,15-13?. The highest BCUT2D eigenvalue weighted by atomic mass is 14.8. The van der Waals surface area contributed by atoms with Crippen molar-refractivity contribution in [3.05, 3.63) is 47.5 Å². The summed E-state index contributed by atoms with van der Waals surface area (Å²) in [5, 5.41) is 0. The molecule has 15 heavy (non-hydrogen) atoms. The molecule has 0 saturated carbocycles. The van der Waals surface area contributed by atoms with Crippen LogP contribution in [0.4, 0.5) is 0 Å². The van der Waals surface area contributed by atoms with Crippen LogP contribution < -0.4 is 0 Å². The van der Waals surface area contributed by atoms with Crippen molar-refractivity contribution >= 4 is 5.71 Å². The van der Waals surface area contributed by atoms with Gasteiger partial charge >= 0.3 is 0 Å². The molecule has 0 heterocycles. The van der Waals surface area contributed by atoms with Crippen molar-refractivity contribution in [2.75, 3.05) is 0 Å². The number of hydrogen-bond acceptors (Lipinski definition) is 1. The number of hydrogen-bond donors (Lipinski definition) is 0. The third-order valence-corrected chi connectivity index (χ3v) is 2.69. The van der Waals surface area contributed by atoms with Gasteiger partial charge in [0.05, 0.1) is 6.04 Å². The van der Waals surface area contributed by atoms with Crippen LogP contribution in [0.1, 0.15) is 33.3 Å². The minimum absolute atomic E-state index is 0.273. The van der Waals surface area contributed by atoms with Crippen molar-refractivity contribution in [3.63, 3.8) is 0 Å². The van der Waals surface area contributed by atoms with Gasteiger partial charge in [0.15, 0.2) is 0 Å². The van der Waals surface area contributed by atoms with E-state index in [2.05, 4.69) is 50.9 Å². The second-order valence-electron chi connectivity index (χ2n) is 3.79. The van der Waals surface area contributed by atoms with Crippen LogP contribution in [0.2, 0.25) is 0 Å². The van der Waals surface area contributed by atoms with E-state index in [0.29, 0.717) is 0 Å². The molecule has 0 fully saturated rings. The van der Waals surface area contributed by atoms with Crippen LogP contribution in [0, 0.1) is 0 Å². The molecule has 0 saturated heterocycles. The second-order valence-corrected chi connectivity index (χ2v) is 3.79. The Hall–Kier alpha value is -1.37. The van der Waals surface area contributed by atoms with E-state index in [9.17, 15) is 0 Å². The first-order valence-electron chi connectivity index (χ1n) is 5.37. The van der Waals surface area contributed by atoms with E-state index in [1.54, 1.807) is 0 Å². The lowest BCUT2D eigenvalue weighted by Gasteiger charge is -2.08. The SMILES string of the molecule is C/C=C(\C)C(C)N=C(C)c1ccccc1. The molecule has 1 heteroatoms. The fourth-order valence-corrected chi connectivity index (χ4v) is 1.39. The van der Waals surface area contributed by atoms with Gasteiger partial charge in [-0.15, -0.1) is 0 Å². The Bertz CT molecular complexity index is 360. The molecule has 0 aliphatic rings. The lowest BCUT2D eigenvalue weighted by atomic mass is 10.1. The first kappa shape index (κ1) is 11.7. The lowest BCUT2D eigenvalue weighted by Crippen LogP contribution is -2.05. The number of nitrogens with zero attached hydrogens (tertiary/aromatic N) is 1. The van der Waals surface area contributed by atoms with Gasteiger partial charge in [-0.2, -0.15) is 0 Å². The third-order valence-electron chi connectivity index (χ3n) is 2.69. The first-order chi connectivity index (χ1) is 7.15. The predicted molar refractivity (Wildman–Crippen MR) is 67.5 cm³/mol. The second kappa shape index (κ2) is 5.50. The molecule has 0 aliphatic carbocycles. The lowest BCUT2D eigenvalue weighted by molar-refractivity contribution is 0.859. The van der Waals surface area contributed by atoms with E-state index < -0.39 is 0 Å². The topological polar surface area (TPSA) is 12.4 Å². The van der Waals surface area contributed by atoms with Crippen molar-refractivity contribution in [1.82, 2.24) is 0 Å². The first-order valence-corrected chi connectivity index (χ1v) is 5.37. The van der Waals surface area contributed by atoms with Crippen molar-refractivity contribution in [3.8, 4) is 0 Å². The van der Waals surface area contributed by atoms with Gasteiger partial charge in [-0.1, -0.05) is 42.0 Å². The van der Waals surface area contributed by atoms with Crippen LogP contribution in [-0.4, -0.2) is 11.8 Å². The molecular weight excluding hydrogens is 182 g/mol. The molecule has 0 aliphatic heterocycles. The van der Waals surface area contributed by atoms with Crippen molar-refractivity contribution in [2.45, 2.75) is 33.7 Å². The largest absolute Gasteiger partial charge is 0.282 e. The Morgan fingerprint density at radius 3 is 2.33 bits per heavy atom. The predicted octanol–water partition coefficient (Wildman–Crippen LogP) is 3.85. The minimum atomic E-state index is 0.273. The summed E-state index contributed by atoms with van der Waals surface area (Å²) in [7, 11) is 0. The van der Waals surface area contributed by atoms with Gasteiger partial charge in [0.25, 0.3) is 0 Å². The molecule has 1 aromatic rings. The maximum atomic E-state index is 4.67. The molecule has 0 aromatic heterocycles. The third kappa shape index (κ3) is 3.35. The Morgan fingerprint density at radius 1 is 1.20 bits per heavy atom. The smallest absolute Gasteiger partial charge is 0.0681 e. The molecule has 1 nitrogen and oxygen atoms in total. The zero-order chi connectivity index (χ0) is 11.3. The normalized spacial score (nSPS) is 15.2. The molecule has 0 amide bonds. The monoisotopic (exact) mass is 201 g/mol. The minimum Gasteiger partial charge on any atom is -0.282 e. The summed E-state index contributed by atoms with van der Waals surface area (Å²) in [4.78, 5) is 4.67. The van der Waals surface area contributed by atoms with E-state index in [1.165, 1.54) is 11.1 Å². The Balaban J connectivity index is 2.85. The fourth-order valence-electron chi connectivity index (χ4n) is 1.39. The summed E-state index contributed by atoms with van der Waals surface area (Å²) >= 11 is 0. The van der Waals surface area contributed by atoms with Crippen LogP contribution in [0.3, 0.4) is 0 Å². The molecule has 1 unspecified atom stereocenters. The summed E-state index contributed by atoms with van der Waals surface area (Å²) in [5.41, 5.74) is 3.61. The number of benzene rings is 1. The Morgan fingerprint density at radius 2 is 1.80 bits per heavy atom. The van der Waals surface area contributed by atoms with Gasteiger partial charge in [-0.05, 0) is 33.3 Å². The molecular formula is C14H19N. The molecule has 0 bridgehead atoms. The zero-order valence-electron chi connectivity index (χ0n) is 9.99. The molecule has 1 aromatic carbocycles. The van der Waals surface area contributed by atoms with Crippen LogP contribution in [-0.2, 0) is 0 Å². The van der Waals surface area contributed by atoms with Gasteiger partial charge in [-0.25, -0.2) is 0 Å². The van der Waals surface area contributed by atoms with Crippen molar-refractivity contribution in [2.24, 2.45) is 4.99 Å². The molecule has 0 radical (unpaired) electrons. The summed E-state index contributed by atoms with van der Waals surface area (Å²) in [6.07, 6.45) is 2.12. The van der Waals surface area contributed by atoms with Crippen LogP contribution in [0.5, 0.6) is 0 Å². The van der Waals surface area contributed by atoms with E-state index >= 15 is 0 Å². The van der Waals surface area contributed by atoms with Crippen LogP contribution >= 0.6 is 0 Å². The quantitative estimate of drug-likeness (QED) is 0.520. The number of aliphatic imine (C=N–C) groups is 1. The molecule has 0 spiro atoms. The van der Waals surface area contributed by atoms with E-state index in [1.807, 2.05) is 18.2 Å². The van der Waals surface area contributed by atoms with Gasteiger partial charge in [-0.3, -0.25) is 4.99 Å². The summed E-state index contributed by atoms with van der Waals surface area (Å²) in [5.74, 6) is 0. The summed E-state index contributed by atoms with van der Waals surface area (Å²) in [6.45, 7) is 8.36. The van der Waals surface area contributed by atoms with Crippen LogP contribution in [0.25, 0.3) is 0 Å². The highest BCUT2D eigenvalue weighted by molar-refractivity contribution is 5.98. The highest BCUT2D eigenvalue weighted by Gasteiger charge is 2.02. The van der Waals surface area contributed by atoms with Gasteiger partial charge in [0.1, 0.15) is 0 Å². The van der Waals surface area contributed by atoms with Gasteiger partial charge < -0.3 is 0 Å². The summed E-state index contributed by atoms with van der Waals surface area (Å²) < 4.78 is 0.